The third-order valence-electron chi connectivity index (χ3n) is 4.56. The first kappa shape index (κ1) is 13.6. The number of fused-ring (bicyclic) bond motifs is 1. The average Bonchev–Trinajstić information content (AvgIpc) is 3.15. The van der Waals surface area contributed by atoms with E-state index < -0.39 is 0 Å². The lowest BCUT2D eigenvalue weighted by atomic mass is 10.1. The Morgan fingerprint density at radius 3 is 3.10 bits per heavy atom. The fourth-order valence-electron chi connectivity index (χ4n) is 3.50. The predicted octanol–water partition coefficient (Wildman–Crippen LogP) is 3.14. The zero-order valence-electron chi connectivity index (χ0n) is 12.3. The van der Waals surface area contributed by atoms with Crippen LogP contribution in [-0.2, 0) is 6.42 Å². The molecule has 2 aromatic rings. The number of hydrogen-bond acceptors (Lipinski definition) is 4. The van der Waals surface area contributed by atoms with Crippen molar-refractivity contribution in [3.8, 4) is 0 Å². The quantitative estimate of drug-likeness (QED) is 0.946. The highest BCUT2D eigenvalue weighted by Crippen LogP contribution is 2.37. The number of pyridine rings is 1. The predicted molar refractivity (Wildman–Crippen MR) is 87.6 cm³/mol. The van der Waals surface area contributed by atoms with Crippen molar-refractivity contribution in [3.05, 3.63) is 24.2 Å². The van der Waals surface area contributed by atoms with Crippen LogP contribution in [0.3, 0.4) is 0 Å². The molecule has 0 aliphatic carbocycles. The molecule has 112 valence electrons. The summed E-state index contributed by atoms with van der Waals surface area (Å²) < 4.78 is 2.43. The highest BCUT2D eigenvalue weighted by molar-refractivity contribution is 7.99. The van der Waals surface area contributed by atoms with E-state index in [2.05, 4.69) is 32.7 Å². The molecule has 21 heavy (non-hydrogen) atoms. The van der Waals surface area contributed by atoms with Gasteiger partial charge < -0.3 is 5.32 Å². The standard InChI is InChI=1S/C16H22N4S/c1-2-10-21-15(7-1)20-14(11-12-5-3-8-17-12)19-13-6-4-9-18-16(13)20/h4,6,9,12,15,17H,1-3,5,7-8,10-11H2. The van der Waals surface area contributed by atoms with Gasteiger partial charge in [0.1, 0.15) is 11.3 Å². The first-order valence-corrected chi connectivity index (χ1v) is 9.13. The van der Waals surface area contributed by atoms with Crippen LogP contribution in [-0.4, -0.2) is 32.9 Å². The summed E-state index contributed by atoms with van der Waals surface area (Å²) in [5.41, 5.74) is 2.13. The van der Waals surface area contributed by atoms with Gasteiger partial charge in [-0.25, -0.2) is 9.97 Å². The van der Waals surface area contributed by atoms with Crippen LogP contribution in [0.2, 0.25) is 0 Å². The third-order valence-corrected chi connectivity index (χ3v) is 5.91. The minimum absolute atomic E-state index is 0.523. The van der Waals surface area contributed by atoms with Crippen molar-refractivity contribution in [1.82, 2.24) is 19.9 Å². The number of hydrogen-bond donors (Lipinski definition) is 1. The molecule has 0 amide bonds. The van der Waals surface area contributed by atoms with Crippen molar-refractivity contribution in [2.75, 3.05) is 12.3 Å². The lowest BCUT2D eigenvalue weighted by molar-refractivity contribution is 0.524. The van der Waals surface area contributed by atoms with Crippen molar-refractivity contribution >= 4 is 22.9 Å². The van der Waals surface area contributed by atoms with E-state index in [-0.39, 0.29) is 0 Å². The monoisotopic (exact) mass is 302 g/mol. The topological polar surface area (TPSA) is 42.7 Å². The number of thioether (sulfide) groups is 1. The molecule has 1 N–H and O–H groups in total. The third kappa shape index (κ3) is 2.69. The molecule has 4 nitrogen and oxygen atoms in total. The molecule has 2 saturated heterocycles. The van der Waals surface area contributed by atoms with Crippen LogP contribution in [0, 0.1) is 0 Å². The second-order valence-electron chi connectivity index (χ2n) is 6.06. The Morgan fingerprint density at radius 2 is 2.29 bits per heavy atom. The Kier molecular flexibility index (Phi) is 3.86. The van der Waals surface area contributed by atoms with Gasteiger partial charge in [-0.2, -0.15) is 0 Å². The van der Waals surface area contributed by atoms with Gasteiger partial charge in [0, 0.05) is 18.7 Å². The number of rotatable bonds is 3. The highest BCUT2D eigenvalue weighted by atomic mass is 32.2. The summed E-state index contributed by atoms with van der Waals surface area (Å²) in [4.78, 5) is 9.52. The van der Waals surface area contributed by atoms with Crippen molar-refractivity contribution in [1.29, 1.82) is 0 Å². The maximum absolute atomic E-state index is 4.90. The van der Waals surface area contributed by atoms with Crippen LogP contribution in [0.25, 0.3) is 11.2 Å². The molecule has 0 spiro atoms. The molecule has 5 heteroatoms. The first-order valence-electron chi connectivity index (χ1n) is 8.08. The Morgan fingerprint density at radius 1 is 1.29 bits per heavy atom. The number of nitrogens with zero attached hydrogens (tertiary/aromatic N) is 3. The first-order chi connectivity index (χ1) is 10.4. The molecule has 2 aliphatic heterocycles. The molecule has 0 aromatic carbocycles. The zero-order chi connectivity index (χ0) is 14.1. The summed E-state index contributed by atoms with van der Waals surface area (Å²) >= 11 is 2.07. The summed E-state index contributed by atoms with van der Waals surface area (Å²) in [6.07, 6.45) is 9.42. The van der Waals surface area contributed by atoms with E-state index in [0.29, 0.717) is 11.4 Å². The molecule has 0 radical (unpaired) electrons. The van der Waals surface area contributed by atoms with Crippen molar-refractivity contribution in [2.24, 2.45) is 0 Å². The van der Waals surface area contributed by atoms with E-state index in [1.807, 2.05) is 12.3 Å². The lowest BCUT2D eigenvalue weighted by Gasteiger charge is -2.25. The van der Waals surface area contributed by atoms with Crippen LogP contribution in [0.15, 0.2) is 18.3 Å². The second-order valence-corrected chi connectivity index (χ2v) is 7.35. The number of aromatic nitrogens is 3. The van der Waals surface area contributed by atoms with E-state index >= 15 is 0 Å². The van der Waals surface area contributed by atoms with Crippen molar-refractivity contribution < 1.29 is 0 Å². The fourth-order valence-corrected chi connectivity index (χ4v) is 4.85. The Bertz CT molecular complexity index is 612. The van der Waals surface area contributed by atoms with E-state index in [9.17, 15) is 0 Å². The van der Waals surface area contributed by atoms with E-state index in [1.165, 1.54) is 43.7 Å². The molecule has 2 fully saturated rings. The molecular formula is C16H22N4S. The van der Waals surface area contributed by atoms with Gasteiger partial charge in [-0.05, 0) is 56.5 Å². The minimum atomic E-state index is 0.523. The van der Waals surface area contributed by atoms with Crippen molar-refractivity contribution in [3.63, 3.8) is 0 Å². The molecule has 2 aromatic heterocycles. The van der Waals surface area contributed by atoms with Gasteiger partial charge in [-0.3, -0.25) is 4.57 Å². The van der Waals surface area contributed by atoms with Crippen LogP contribution >= 0.6 is 11.8 Å². The van der Waals surface area contributed by atoms with Crippen LogP contribution < -0.4 is 5.32 Å². The van der Waals surface area contributed by atoms with Crippen LogP contribution in [0.4, 0.5) is 0 Å². The maximum atomic E-state index is 4.90. The molecule has 2 unspecified atom stereocenters. The van der Waals surface area contributed by atoms with E-state index in [1.54, 1.807) is 0 Å². The van der Waals surface area contributed by atoms with Crippen molar-refractivity contribution in [2.45, 2.75) is 49.9 Å². The minimum Gasteiger partial charge on any atom is -0.314 e. The average molecular weight is 302 g/mol. The van der Waals surface area contributed by atoms with Gasteiger partial charge in [-0.15, -0.1) is 11.8 Å². The normalized spacial score (nSPS) is 26.5. The molecule has 0 bridgehead atoms. The number of nitrogens with one attached hydrogen (secondary N) is 1. The van der Waals surface area contributed by atoms with E-state index in [4.69, 9.17) is 4.98 Å². The molecule has 4 rings (SSSR count). The molecule has 0 saturated carbocycles. The summed E-state index contributed by atoms with van der Waals surface area (Å²) in [6.45, 7) is 1.15. The molecule has 2 aliphatic rings. The van der Waals surface area contributed by atoms with Gasteiger partial charge in [0.2, 0.25) is 0 Å². The largest absolute Gasteiger partial charge is 0.314 e. The Labute approximate surface area is 129 Å². The zero-order valence-corrected chi connectivity index (χ0v) is 13.1. The SMILES string of the molecule is c1cnc2c(c1)nc(CC1CCCN1)n2C1CCCCS1. The summed E-state index contributed by atoms with van der Waals surface area (Å²) in [5.74, 6) is 2.49. The van der Waals surface area contributed by atoms with Gasteiger partial charge in [0.25, 0.3) is 0 Å². The van der Waals surface area contributed by atoms with Crippen LogP contribution in [0.1, 0.15) is 43.3 Å². The lowest BCUT2D eigenvalue weighted by Crippen LogP contribution is -2.26. The summed E-state index contributed by atoms with van der Waals surface area (Å²) in [5, 5.41) is 4.12. The van der Waals surface area contributed by atoms with Gasteiger partial charge in [0.05, 0.1) is 5.37 Å². The van der Waals surface area contributed by atoms with Gasteiger partial charge in [-0.1, -0.05) is 0 Å². The molecular weight excluding hydrogens is 280 g/mol. The maximum Gasteiger partial charge on any atom is 0.160 e. The number of imidazole rings is 1. The van der Waals surface area contributed by atoms with Gasteiger partial charge >= 0.3 is 0 Å². The smallest absolute Gasteiger partial charge is 0.160 e. The Balaban J connectivity index is 1.72. The Hall–Kier alpha value is -1.07. The fraction of sp³-hybridized carbons (Fsp3) is 0.625. The summed E-state index contributed by atoms with van der Waals surface area (Å²) in [7, 11) is 0. The second kappa shape index (κ2) is 5.97. The highest BCUT2D eigenvalue weighted by Gasteiger charge is 2.25. The van der Waals surface area contributed by atoms with Gasteiger partial charge in [0.15, 0.2) is 5.65 Å². The summed E-state index contributed by atoms with van der Waals surface area (Å²) in [6, 6.07) is 4.68. The molecule has 4 heterocycles. The van der Waals surface area contributed by atoms with Crippen LogP contribution in [0.5, 0.6) is 0 Å². The van der Waals surface area contributed by atoms with E-state index in [0.717, 1.165) is 24.1 Å². The molecule has 2 atom stereocenters.